The molecule has 24 heavy (non-hydrogen) atoms. The Labute approximate surface area is 140 Å². The second kappa shape index (κ2) is 6.08. The molecule has 1 aromatic carbocycles. The van der Waals surface area contributed by atoms with Crippen molar-refractivity contribution in [3.8, 4) is 0 Å². The highest BCUT2D eigenvalue weighted by Crippen LogP contribution is 2.37. The molecule has 0 aromatic heterocycles. The number of nitrogens with one attached hydrogen (secondary N) is 1. The van der Waals surface area contributed by atoms with E-state index < -0.39 is 23.1 Å². The van der Waals surface area contributed by atoms with E-state index in [0.29, 0.717) is 18.6 Å². The summed E-state index contributed by atoms with van der Waals surface area (Å²) in [6.45, 7) is 3.82. The summed E-state index contributed by atoms with van der Waals surface area (Å²) in [5.41, 5.74) is -0.210. The van der Waals surface area contributed by atoms with Crippen molar-refractivity contribution in [3.05, 3.63) is 34.9 Å². The summed E-state index contributed by atoms with van der Waals surface area (Å²) in [6.07, 6.45) is 3.56. The van der Waals surface area contributed by atoms with Crippen molar-refractivity contribution in [2.45, 2.75) is 44.4 Å². The highest BCUT2D eigenvalue weighted by molar-refractivity contribution is 5.95. The molecule has 4 nitrogen and oxygen atoms in total. The SMILES string of the molecule is Cc1ccc(F)c(C(=O)N[C@H]2C[C@H]3CO[C@H](C4CC4)CN3C2)c1F. The predicted molar refractivity (Wildman–Crippen MR) is 84.8 cm³/mol. The molecule has 1 aliphatic carbocycles. The van der Waals surface area contributed by atoms with Gasteiger partial charge in [-0.25, -0.2) is 8.78 Å². The van der Waals surface area contributed by atoms with E-state index in [1.54, 1.807) is 0 Å². The largest absolute Gasteiger partial charge is 0.375 e. The summed E-state index contributed by atoms with van der Waals surface area (Å²) in [4.78, 5) is 14.7. The number of carbonyl (C=O) groups excluding carboxylic acids is 1. The standard InChI is InChI=1S/C18H22F2N2O2/c1-10-2-5-14(19)16(17(10)20)18(23)21-12-6-13-9-24-15(11-3-4-11)8-22(13)7-12/h2,5,11-13,15H,3-4,6-9H2,1H3,(H,21,23)/t12-,13-,15-/m0/s1. The van der Waals surface area contributed by atoms with Crippen LogP contribution in [0.3, 0.4) is 0 Å². The van der Waals surface area contributed by atoms with Crippen LogP contribution in [0.4, 0.5) is 8.78 Å². The van der Waals surface area contributed by atoms with Crippen molar-refractivity contribution in [1.29, 1.82) is 0 Å². The first-order chi connectivity index (χ1) is 11.5. The van der Waals surface area contributed by atoms with Gasteiger partial charge in [-0.3, -0.25) is 9.69 Å². The molecule has 2 heterocycles. The molecule has 0 bridgehead atoms. The van der Waals surface area contributed by atoms with Gasteiger partial charge < -0.3 is 10.1 Å². The van der Waals surface area contributed by atoms with Gasteiger partial charge in [0.05, 0.1) is 12.7 Å². The number of ether oxygens (including phenoxy) is 1. The Morgan fingerprint density at radius 3 is 2.83 bits per heavy atom. The Kier molecular flexibility index (Phi) is 4.04. The third-order valence-electron chi connectivity index (χ3n) is 5.44. The third-order valence-corrected chi connectivity index (χ3v) is 5.44. The van der Waals surface area contributed by atoms with Crippen LogP contribution in [0, 0.1) is 24.5 Å². The van der Waals surface area contributed by atoms with Crippen LogP contribution in [0.15, 0.2) is 12.1 Å². The van der Waals surface area contributed by atoms with Crippen molar-refractivity contribution in [2.24, 2.45) is 5.92 Å². The van der Waals surface area contributed by atoms with Crippen molar-refractivity contribution < 1.29 is 18.3 Å². The second-order valence-corrected chi connectivity index (χ2v) is 7.28. The maximum Gasteiger partial charge on any atom is 0.257 e. The number of nitrogens with zero attached hydrogens (tertiary/aromatic N) is 1. The molecular weight excluding hydrogens is 314 g/mol. The molecule has 1 N–H and O–H groups in total. The predicted octanol–water partition coefficient (Wildman–Crippen LogP) is 2.25. The molecule has 1 aromatic rings. The number of aryl methyl sites for hydroxylation is 1. The van der Waals surface area contributed by atoms with Gasteiger partial charge in [0.1, 0.15) is 17.2 Å². The topological polar surface area (TPSA) is 41.6 Å². The maximum atomic E-state index is 14.1. The fraction of sp³-hybridized carbons (Fsp3) is 0.611. The fourth-order valence-electron chi connectivity index (χ4n) is 3.88. The number of amides is 1. The van der Waals surface area contributed by atoms with Gasteiger partial charge in [-0.15, -0.1) is 0 Å². The Hall–Kier alpha value is -1.53. The van der Waals surface area contributed by atoms with Gasteiger partial charge in [-0.1, -0.05) is 6.07 Å². The number of hydrogen-bond acceptors (Lipinski definition) is 3. The van der Waals surface area contributed by atoms with Crippen LogP contribution in [0.2, 0.25) is 0 Å². The first kappa shape index (κ1) is 16.0. The zero-order valence-corrected chi connectivity index (χ0v) is 13.7. The average Bonchev–Trinajstić information content (AvgIpc) is 3.31. The van der Waals surface area contributed by atoms with Gasteiger partial charge >= 0.3 is 0 Å². The normalized spacial score (nSPS) is 30.2. The van der Waals surface area contributed by atoms with E-state index >= 15 is 0 Å². The first-order valence-corrected chi connectivity index (χ1v) is 8.64. The molecule has 1 amide bonds. The van der Waals surface area contributed by atoms with Gasteiger partial charge in [0.2, 0.25) is 0 Å². The Balaban J connectivity index is 1.41. The molecule has 0 spiro atoms. The number of morpholine rings is 1. The Morgan fingerprint density at radius 2 is 2.08 bits per heavy atom. The molecule has 2 saturated heterocycles. The van der Waals surface area contributed by atoms with Crippen LogP contribution >= 0.6 is 0 Å². The zero-order chi connectivity index (χ0) is 16.8. The highest BCUT2D eigenvalue weighted by atomic mass is 19.1. The molecule has 4 rings (SSSR count). The summed E-state index contributed by atoms with van der Waals surface area (Å²) < 4.78 is 33.9. The Morgan fingerprint density at radius 1 is 1.29 bits per heavy atom. The van der Waals surface area contributed by atoms with Crippen LogP contribution in [-0.4, -0.2) is 48.7 Å². The van der Waals surface area contributed by atoms with Crippen molar-refractivity contribution in [3.63, 3.8) is 0 Å². The zero-order valence-electron chi connectivity index (χ0n) is 13.7. The molecule has 1 saturated carbocycles. The van der Waals surface area contributed by atoms with Gasteiger partial charge in [-0.05, 0) is 43.7 Å². The minimum atomic E-state index is -0.816. The van der Waals surface area contributed by atoms with E-state index in [4.69, 9.17) is 4.74 Å². The minimum absolute atomic E-state index is 0.0941. The minimum Gasteiger partial charge on any atom is -0.375 e. The van der Waals surface area contributed by atoms with Crippen LogP contribution < -0.4 is 5.32 Å². The number of fused-ring (bicyclic) bond motifs is 1. The van der Waals surface area contributed by atoms with Gasteiger partial charge in [0.15, 0.2) is 0 Å². The molecule has 0 radical (unpaired) electrons. The molecule has 3 aliphatic rings. The summed E-state index contributed by atoms with van der Waals surface area (Å²) in [5.74, 6) is -1.57. The monoisotopic (exact) mass is 336 g/mol. The summed E-state index contributed by atoms with van der Waals surface area (Å²) in [6, 6.07) is 2.67. The van der Waals surface area contributed by atoms with E-state index in [2.05, 4.69) is 10.2 Å². The molecule has 3 fully saturated rings. The number of benzene rings is 1. The van der Waals surface area contributed by atoms with Crippen molar-refractivity contribution in [2.75, 3.05) is 19.7 Å². The van der Waals surface area contributed by atoms with Crippen molar-refractivity contribution in [1.82, 2.24) is 10.2 Å². The van der Waals surface area contributed by atoms with Gasteiger partial charge in [-0.2, -0.15) is 0 Å². The molecule has 3 atom stereocenters. The molecule has 6 heteroatoms. The van der Waals surface area contributed by atoms with Crippen molar-refractivity contribution >= 4 is 5.91 Å². The highest BCUT2D eigenvalue weighted by Gasteiger charge is 2.42. The van der Waals surface area contributed by atoms with Crippen LogP contribution in [0.1, 0.15) is 35.2 Å². The molecule has 130 valence electrons. The number of carbonyl (C=O) groups is 1. The van der Waals surface area contributed by atoms with E-state index in [1.165, 1.54) is 25.8 Å². The first-order valence-electron chi connectivity index (χ1n) is 8.64. The lowest BCUT2D eigenvalue weighted by Gasteiger charge is -2.35. The van der Waals surface area contributed by atoms with E-state index in [-0.39, 0.29) is 17.6 Å². The van der Waals surface area contributed by atoms with E-state index in [9.17, 15) is 13.6 Å². The summed E-state index contributed by atoms with van der Waals surface area (Å²) in [7, 11) is 0. The molecule has 2 aliphatic heterocycles. The van der Waals surface area contributed by atoms with E-state index in [0.717, 1.165) is 25.6 Å². The smallest absolute Gasteiger partial charge is 0.257 e. The number of halogens is 2. The lowest BCUT2D eigenvalue weighted by Crippen LogP contribution is -2.47. The van der Waals surface area contributed by atoms with Crippen LogP contribution in [-0.2, 0) is 4.74 Å². The number of rotatable bonds is 3. The average molecular weight is 336 g/mol. The van der Waals surface area contributed by atoms with E-state index in [1.807, 2.05) is 0 Å². The third kappa shape index (κ3) is 2.93. The second-order valence-electron chi connectivity index (χ2n) is 7.28. The summed E-state index contributed by atoms with van der Waals surface area (Å²) >= 11 is 0. The quantitative estimate of drug-likeness (QED) is 0.921. The Bertz CT molecular complexity index is 663. The number of hydrogen-bond donors (Lipinski definition) is 1. The fourth-order valence-corrected chi connectivity index (χ4v) is 3.88. The van der Waals surface area contributed by atoms with Crippen LogP contribution in [0.5, 0.6) is 0 Å². The van der Waals surface area contributed by atoms with Gasteiger partial charge in [0, 0.05) is 25.2 Å². The summed E-state index contributed by atoms with van der Waals surface area (Å²) in [5, 5.41) is 2.80. The van der Waals surface area contributed by atoms with Gasteiger partial charge in [0.25, 0.3) is 5.91 Å². The molecular formula is C18H22F2N2O2. The van der Waals surface area contributed by atoms with Crippen LogP contribution in [0.25, 0.3) is 0 Å². The molecule has 0 unspecified atom stereocenters. The lowest BCUT2D eigenvalue weighted by atomic mass is 10.1. The maximum absolute atomic E-state index is 14.1. The lowest BCUT2D eigenvalue weighted by molar-refractivity contribution is -0.0581.